The first-order valence-electron chi connectivity index (χ1n) is 3.64. The van der Waals surface area contributed by atoms with Crippen molar-refractivity contribution in [3.05, 3.63) is 28.0 Å². The number of phenols is 1. The summed E-state index contributed by atoms with van der Waals surface area (Å²) in [6.45, 7) is 1.60. The van der Waals surface area contributed by atoms with Crippen LogP contribution in [0.1, 0.15) is 18.4 Å². The Morgan fingerprint density at radius 3 is 2.77 bits per heavy atom. The summed E-state index contributed by atoms with van der Waals surface area (Å²) in [4.78, 5) is 0. The van der Waals surface area contributed by atoms with Crippen LogP contribution < -0.4 is 0 Å². The molecule has 4 heteroatoms. The van der Waals surface area contributed by atoms with Crippen molar-refractivity contribution in [3.63, 3.8) is 0 Å². The zero-order chi connectivity index (χ0) is 10.0. The summed E-state index contributed by atoms with van der Waals surface area (Å²) in [5.41, 5.74) is 0.294. The van der Waals surface area contributed by atoms with Gasteiger partial charge in [0.15, 0.2) is 11.6 Å². The van der Waals surface area contributed by atoms with E-state index in [1.54, 1.807) is 6.92 Å². The van der Waals surface area contributed by atoms with Crippen molar-refractivity contribution in [2.24, 2.45) is 0 Å². The first-order chi connectivity index (χ1) is 6.07. The molecule has 0 aliphatic rings. The molecule has 0 bridgehead atoms. The highest BCUT2D eigenvalue weighted by Gasteiger charge is 2.16. The van der Waals surface area contributed by atoms with Gasteiger partial charge in [-0.3, -0.25) is 0 Å². The van der Waals surface area contributed by atoms with Crippen molar-refractivity contribution in [2.75, 3.05) is 0 Å². The van der Waals surface area contributed by atoms with Crippen LogP contribution in [0.25, 0.3) is 0 Å². The third-order valence-electron chi connectivity index (χ3n) is 1.74. The van der Waals surface area contributed by atoms with E-state index in [0.29, 0.717) is 10.0 Å². The standard InChI is InChI=1S/C9H7BrFNO/c1-5(4-12)8-6(10)2-3-7(11)9(8)13/h2-3,5,13H,1H3. The maximum Gasteiger partial charge on any atom is 0.165 e. The highest BCUT2D eigenvalue weighted by Crippen LogP contribution is 2.34. The number of nitrogens with zero attached hydrogens (tertiary/aromatic N) is 1. The van der Waals surface area contributed by atoms with Gasteiger partial charge in [-0.05, 0) is 19.1 Å². The Balaban J connectivity index is 3.35. The largest absolute Gasteiger partial charge is 0.505 e. The third-order valence-corrected chi connectivity index (χ3v) is 2.43. The van der Waals surface area contributed by atoms with Crippen LogP contribution in [0.4, 0.5) is 4.39 Å². The molecule has 2 nitrogen and oxygen atoms in total. The van der Waals surface area contributed by atoms with Crippen LogP contribution in [0.2, 0.25) is 0 Å². The van der Waals surface area contributed by atoms with E-state index in [-0.39, 0.29) is 0 Å². The van der Waals surface area contributed by atoms with Gasteiger partial charge in [0.25, 0.3) is 0 Å². The molecular weight excluding hydrogens is 237 g/mol. The van der Waals surface area contributed by atoms with E-state index in [0.717, 1.165) is 6.07 Å². The van der Waals surface area contributed by atoms with Gasteiger partial charge in [-0.25, -0.2) is 4.39 Å². The molecule has 0 heterocycles. The molecule has 1 aromatic rings. The molecule has 1 N–H and O–H groups in total. The average molecular weight is 244 g/mol. The fraction of sp³-hybridized carbons (Fsp3) is 0.222. The summed E-state index contributed by atoms with van der Waals surface area (Å²) in [7, 11) is 0. The lowest BCUT2D eigenvalue weighted by molar-refractivity contribution is 0.424. The topological polar surface area (TPSA) is 44.0 Å². The molecular formula is C9H7BrFNO. The van der Waals surface area contributed by atoms with Gasteiger partial charge in [-0.15, -0.1) is 0 Å². The predicted molar refractivity (Wildman–Crippen MR) is 49.8 cm³/mol. The molecule has 0 amide bonds. The maximum atomic E-state index is 12.9. The van der Waals surface area contributed by atoms with Crippen molar-refractivity contribution in [1.82, 2.24) is 0 Å². The highest BCUT2D eigenvalue weighted by atomic mass is 79.9. The number of hydrogen-bond acceptors (Lipinski definition) is 2. The molecule has 68 valence electrons. The zero-order valence-electron chi connectivity index (χ0n) is 6.88. The smallest absolute Gasteiger partial charge is 0.165 e. The first-order valence-corrected chi connectivity index (χ1v) is 4.43. The van der Waals surface area contributed by atoms with Gasteiger partial charge in [0.05, 0.1) is 12.0 Å². The first kappa shape index (κ1) is 10.0. The van der Waals surface area contributed by atoms with E-state index in [9.17, 15) is 9.50 Å². The normalized spacial score (nSPS) is 12.2. The van der Waals surface area contributed by atoms with Crippen LogP contribution in [0.15, 0.2) is 16.6 Å². The van der Waals surface area contributed by atoms with Crippen LogP contribution in [-0.2, 0) is 0 Å². The number of benzene rings is 1. The molecule has 0 aliphatic carbocycles. The van der Waals surface area contributed by atoms with Crippen molar-refractivity contribution in [3.8, 4) is 11.8 Å². The monoisotopic (exact) mass is 243 g/mol. The Kier molecular flexibility index (Phi) is 2.89. The Bertz CT molecular complexity index is 373. The second kappa shape index (κ2) is 3.75. The van der Waals surface area contributed by atoms with Gasteiger partial charge >= 0.3 is 0 Å². The van der Waals surface area contributed by atoms with Crippen molar-refractivity contribution >= 4 is 15.9 Å². The second-order valence-electron chi connectivity index (χ2n) is 2.64. The minimum absolute atomic E-state index is 0.294. The Labute approximate surface area is 83.7 Å². The third kappa shape index (κ3) is 1.81. The fourth-order valence-corrected chi connectivity index (χ4v) is 1.70. The minimum atomic E-state index is -0.708. The Hall–Kier alpha value is -1.08. The Morgan fingerprint density at radius 1 is 1.62 bits per heavy atom. The van der Waals surface area contributed by atoms with Gasteiger partial charge in [-0.1, -0.05) is 15.9 Å². The molecule has 1 unspecified atom stereocenters. The van der Waals surface area contributed by atoms with Crippen LogP contribution in [0.3, 0.4) is 0 Å². The van der Waals surface area contributed by atoms with Crippen LogP contribution >= 0.6 is 15.9 Å². The van der Waals surface area contributed by atoms with Crippen molar-refractivity contribution in [2.45, 2.75) is 12.8 Å². The number of hydrogen-bond donors (Lipinski definition) is 1. The number of phenolic OH excluding ortho intramolecular Hbond substituents is 1. The van der Waals surface area contributed by atoms with E-state index in [2.05, 4.69) is 15.9 Å². The SMILES string of the molecule is CC(C#N)c1c(Br)ccc(F)c1O. The molecule has 13 heavy (non-hydrogen) atoms. The van der Waals surface area contributed by atoms with Gasteiger partial charge in [0, 0.05) is 10.0 Å². The molecule has 0 fully saturated rings. The molecule has 0 aliphatic heterocycles. The number of nitriles is 1. The van der Waals surface area contributed by atoms with Crippen molar-refractivity contribution in [1.29, 1.82) is 5.26 Å². The van der Waals surface area contributed by atoms with Gasteiger partial charge < -0.3 is 5.11 Å². The van der Waals surface area contributed by atoms with E-state index in [1.165, 1.54) is 6.07 Å². The summed E-state index contributed by atoms with van der Waals surface area (Å²) in [5.74, 6) is -1.70. The number of rotatable bonds is 1. The van der Waals surface area contributed by atoms with E-state index < -0.39 is 17.5 Å². The molecule has 0 saturated heterocycles. The highest BCUT2D eigenvalue weighted by molar-refractivity contribution is 9.10. The predicted octanol–water partition coefficient (Wildman–Crippen LogP) is 2.92. The summed E-state index contributed by atoms with van der Waals surface area (Å²) < 4.78 is 13.4. The van der Waals surface area contributed by atoms with E-state index >= 15 is 0 Å². The van der Waals surface area contributed by atoms with E-state index in [4.69, 9.17) is 5.26 Å². The lowest BCUT2D eigenvalue weighted by atomic mass is 10.0. The second-order valence-corrected chi connectivity index (χ2v) is 3.50. The fourth-order valence-electron chi connectivity index (χ4n) is 1.03. The van der Waals surface area contributed by atoms with E-state index in [1.807, 2.05) is 6.07 Å². The van der Waals surface area contributed by atoms with Gasteiger partial charge in [-0.2, -0.15) is 5.26 Å². The summed E-state index contributed by atoms with van der Waals surface area (Å²) >= 11 is 3.14. The van der Waals surface area contributed by atoms with Crippen LogP contribution in [-0.4, -0.2) is 5.11 Å². The molecule has 1 aromatic carbocycles. The molecule has 0 spiro atoms. The Morgan fingerprint density at radius 2 is 2.23 bits per heavy atom. The summed E-state index contributed by atoms with van der Waals surface area (Å²) in [6.07, 6.45) is 0. The van der Waals surface area contributed by atoms with Crippen molar-refractivity contribution < 1.29 is 9.50 Å². The average Bonchev–Trinajstić information content (AvgIpc) is 2.12. The van der Waals surface area contributed by atoms with Crippen LogP contribution in [0.5, 0.6) is 5.75 Å². The lowest BCUT2D eigenvalue weighted by Crippen LogP contribution is -1.94. The minimum Gasteiger partial charge on any atom is -0.505 e. The number of halogens is 2. The molecule has 0 saturated carbocycles. The van der Waals surface area contributed by atoms with Gasteiger partial charge in [0.2, 0.25) is 0 Å². The maximum absolute atomic E-state index is 12.9. The molecule has 0 radical (unpaired) electrons. The lowest BCUT2D eigenvalue weighted by Gasteiger charge is -2.08. The molecule has 0 aromatic heterocycles. The summed E-state index contributed by atoms with van der Waals surface area (Å²) in [5, 5.41) is 17.9. The molecule has 1 rings (SSSR count). The zero-order valence-corrected chi connectivity index (χ0v) is 8.47. The quantitative estimate of drug-likeness (QED) is 0.825. The number of aromatic hydroxyl groups is 1. The summed E-state index contributed by atoms with van der Waals surface area (Å²) in [6, 6.07) is 4.55. The van der Waals surface area contributed by atoms with Crippen LogP contribution in [0, 0.1) is 17.1 Å². The van der Waals surface area contributed by atoms with Gasteiger partial charge in [0.1, 0.15) is 0 Å². The molecule has 1 atom stereocenters.